The number of rotatable bonds is 10. The third-order valence-corrected chi connectivity index (χ3v) is 7.08. The largest absolute Gasteiger partial charge is 0.489 e. The van der Waals surface area contributed by atoms with Crippen molar-refractivity contribution in [2.24, 2.45) is 0 Å². The van der Waals surface area contributed by atoms with E-state index in [4.69, 9.17) is 14.2 Å². The summed E-state index contributed by atoms with van der Waals surface area (Å²) >= 11 is 0. The molecule has 1 saturated heterocycles. The topological polar surface area (TPSA) is 102 Å². The molecule has 9 heteroatoms. The van der Waals surface area contributed by atoms with Gasteiger partial charge in [-0.15, -0.1) is 0 Å². The van der Waals surface area contributed by atoms with Crippen LogP contribution >= 0.6 is 0 Å². The molecule has 0 aliphatic carbocycles. The highest BCUT2D eigenvalue weighted by molar-refractivity contribution is 6.13. The van der Waals surface area contributed by atoms with Gasteiger partial charge in [0.25, 0.3) is 5.91 Å². The summed E-state index contributed by atoms with van der Waals surface area (Å²) in [6, 6.07) is 29.8. The summed E-state index contributed by atoms with van der Waals surface area (Å²) in [5.41, 5.74) is 4.28. The van der Waals surface area contributed by atoms with Crippen molar-refractivity contribution in [2.75, 3.05) is 14.2 Å². The minimum Gasteiger partial charge on any atom is -0.489 e. The van der Waals surface area contributed by atoms with E-state index < -0.39 is 23.9 Å². The van der Waals surface area contributed by atoms with Crippen LogP contribution in [0.5, 0.6) is 5.75 Å². The van der Waals surface area contributed by atoms with Crippen LogP contribution in [0.3, 0.4) is 0 Å². The fraction of sp³-hybridized carbons (Fsp3) is 0.143. The van der Waals surface area contributed by atoms with Crippen LogP contribution in [-0.4, -0.2) is 47.9 Å². The van der Waals surface area contributed by atoms with Gasteiger partial charge in [-0.2, -0.15) is 0 Å². The summed E-state index contributed by atoms with van der Waals surface area (Å²) in [4.78, 5) is 53.3. The van der Waals surface area contributed by atoms with Gasteiger partial charge >= 0.3 is 18.0 Å². The first-order valence-electron chi connectivity index (χ1n) is 13.8. The quantitative estimate of drug-likeness (QED) is 0.130. The number of hydrogen-bond donors (Lipinski definition) is 0. The molecule has 0 N–H and O–H groups in total. The SMILES string of the molecule is COC(=O)c1ccc(COc2ccc(/C=C3\C(=O)N(Cc4ccc(C(=O)OC)cc4)C(=O)N3Cc3ccccc3)cc2)cc1. The van der Waals surface area contributed by atoms with Gasteiger partial charge in [-0.05, 0) is 64.7 Å². The van der Waals surface area contributed by atoms with Crippen LogP contribution in [0.1, 0.15) is 43.0 Å². The first kappa shape index (κ1) is 29.8. The molecular weight excluding hydrogens is 560 g/mol. The van der Waals surface area contributed by atoms with Gasteiger partial charge in [0.1, 0.15) is 18.1 Å². The summed E-state index contributed by atoms with van der Waals surface area (Å²) in [7, 11) is 2.65. The molecule has 0 bridgehead atoms. The highest BCUT2D eigenvalue weighted by atomic mass is 16.5. The molecular formula is C35H30N2O7. The number of methoxy groups -OCH3 is 2. The Hall–Kier alpha value is -5.70. The van der Waals surface area contributed by atoms with E-state index in [1.165, 1.54) is 24.0 Å². The molecule has 1 fully saturated rings. The molecule has 0 spiro atoms. The van der Waals surface area contributed by atoms with Gasteiger partial charge in [0.2, 0.25) is 0 Å². The number of esters is 2. The van der Waals surface area contributed by atoms with Gasteiger partial charge in [-0.1, -0.05) is 66.7 Å². The smallest absolute Gasteiger partial charge is 0.337 e. The second kappa shape index (κ2) is 13.5. The van der Waals surface area contributed by atoms with Crippen molar-refractivity contribution in [3.63, 3.8) is 0 Å². The lowest BCUT2D eigenvalue weighted by Gasteiger charge is -2.17. The Morgan fingerprint density at radius 3 is 1.73 bits per heavy atom. The van der Waals surface area contributed by atoms with Gasteiger partial charge < -0.3 is 14.2 Å². The van der Waals surface area contributed by atoms with Gasteiger partial charge in [0.15, 0.2) is 0 Å². The van der Waals surface area contributed by atoms with Crippen LogP contribution in [0.15, 0.2) is 109 Å². The lowest BCUT2D eigenvalue weighted by atomic mass is 10.1. The van der Waals surface area contributed by atoms with Crippen LogP contribution in [0.2, 0.25) is 0 Å². The van der Waals surface area contributed by atoms with Crippen molar-refractivity contribution in [2.45, 2.75) is 19.7 Å². The minimum atomic E-state index is -0.463. The number of urea groups is 1. The molecule has 3 amide bonds. The molecule has 0 unspecified atom stereocenters. The molecule has 1 aliphatic rings. The van der Waals surface area contributed by atoms with E-state index in [1.807, 2.05) is 42.5 Å². The fourth-order valence-electron chi connectivity index (χ4n) is 4.67. The van der Waals surface area contributed by atoms with E-state index in [1.54, 1.807) is 66.7 Å². The van der Waals surface area contributed by atoms with Crippen molar-refractivity contribution in [3.8, 4) is 5.75 Å². The molecule has 4 aromatic rings. The Morgan fingerprint density at radius 2 is 1.16 bits per heavy atom. The van der Waals surface area contributed by atoms with Crippen molar-refractivity contribution < 1.29 is 33.4 Å². The summed E-state index contributed by atoms with van der Waals surface area (Å²) in [5.74, 6) is -0.658. The zero-order valence-corrected chi connectivity index (χ0v) is 24.3. The predicted octanol–water partition coefficient (Wildman–Crippen LogP) is 5.84. The van der Waals surface area contributed by atoms with Crippen molar-refractivity contribution in [3.05, 3.63) is 142 Å². The fourth-order valence-corrected chi connectivity index (χ4v) is 4.67. The Balaban J connectivity index is 1.33. The Kier molecular flexibility index (Phi) is 9.15. The molecule has 222 valence electrons. The number of hydrogen-bond acceptors (Lipinski definition) is 7. The van der Waals surface area contributed by atoms with Crippen LogP contribution in [0.4, 0.5) is 4.79 Å². The molecule has 0 atom stereocenters. The van der Waals surface area contributed by atoms with E-state index in [2.05, 4.69) is 0 Å². The number of imide groups is 1. The number of nitrogens with zero attached hydrogens (tertiary/aromatic N) is 2. The molecule has 0 saturated carbocycles. The van der Waals surface area contributed by atoms with Crippen LogP contribution < -0.4 is 4.74 Å². The second-order valence-electron chi connectivity index (χ2n) is 10.0. The van der Waals surface area contributed by atoms with Crippen molar-refractivity contribution in [1.82, 2.24) is 9.80 Å². The predicted molar refractivity (Wildman–Crippen MR) is 162 cm³/mol. The lowest BCUT2D eigenvalue weighted by Crippen LogP contribution is -2.32. The monoisotopic (exact) mass is 590 g/mol. The molecule has 4 aromatic carbocycles. The number of ether oxygens (including phenoxy) is 3. The Labute approximate surface area is 254 Å². The minimum absolute atomic E-state index is 0.0507. The Bertz CT molecular complexity index is 1680. The molecule has 1 aliphatic heterocycles. The first-order chi connectivity index (χ1) is 21.4. The zero-order valence-electron chi connectivity index (χ0n) is 24.3. The van der Waals surface area contributed by atoms with E-state index in [0.29, 0.717) is 29.0 Å². The average Bonchev–Trinajstić information content (AvgIpc) is 3.28. The average molecular weight is 591 g/mol. The first-order valence-corrected chi connectivity index (χ1v) is 13.8. The summed E-state index contributed by atoms with van der Waals surface area (Å²) in [5, 5.41) is 0. The third kappa shape index (κ3) is 6.84. The maximum absolute atomic E-state index is 13.6. The van der Waals surface area contributed by atoms with E-state index in [0.717, 1.165) is 16.7 Å². The third-order valence-electron chi connectivity index (χ3n) is 7.08. The maximum atomic E-state index is 13.6. The summed E-state index contributed by atoms with van der Waals surface area (Å²) in [6.07, 6.45) is 1.69. The van der Waals surface area contributed by atoms with E-state index in [9.17, 15) is 19.2 Å². The molecule has 0 aromatic heterocycles. The summed E-state index contributed by atoms with van der Waals surface area (Å²) < 4.78 is 15.4. The molecule has 9 nitrogen and oxygen atoms in total. The highest BCUT2D eigenvalue weighted by Crippen LogP contribution is 2.28. The van der Waals surface area contributed by atoms with E-state index >= 15 is 0 Å². The van der Waals surface area contributed by atoms with Crippen molar-refractivity contribution >= 4 is 30.0 Å². The number of carbonyl (C=O) groups is 4. The molecule has 0 radical (unpaired) electrons. The van der Waals surface area contributed by atoms with Gasteiger partial charge in [0.05, 0.1) is 38.4 Å². The number of carbonyl (C=O) groups excluding carboxylic acids is 4. The van der Waals surface area contributed by atoms with E-state index in [-0.39, 0.29) is 18.8 Å². The van der Waals surface area contributed by atoms with Crippen LogP contribution in [0.25, 0.3) is 6.08 Å². The van der Waals surface area contributed by atoms with Crippen LogP contribution in [-0.2, 0) is 34.0 Å². The molecule has 5 rings (SSSR count). The Morgan fingerprint density at radius 1 is 0.636 bits per heavy atom. The van der Waals surface area contributed by atoms with Crippen molar-refractivity contribution in [1.29, 1.82) is 0 Å². The lowest BCUT2D eigenvalue weighted by molar-refractivity contribution is -0.123. The summed E-state index contributed by atoms with van der Waals surface area (Å²) in [6.45, 7) is 0.579. The van der Waals surface area contributed by atoms with Gasteiger partial charge in [-0.3, -0.25) is 14.6 Å². The normalized spacial score (nSPS) is 13.7. The number of amides is 3. The second-order valence-corrected chi connectivity index (χ2v) is 10.0. The van der Waals surface area contributed by atoms with Gasteiger partial charge in [-0.25, -0.2) is 14.4 Å². The number of benzene rings is 4. The standard InChI is InChI=1S/C35H30N2O7/c1-42-33(39)28-14-8-26(9-15-28)22-37-32(38)31(36(35(37)41)21-25-6-4-3-5-7-25)20-24-12-18-30(19-13-24)44-23-27-10-16-29(17-11-27)34(40)43-2/h3-20H,21-23H2,1-2H3/b31-20+. The van der Waals surface area contributed by atoms with Gasteiger partial charge in [0, 0.05) is 0 Å². The molecule has 44 heavy (non-hydrogen) atoms. The van der Waals surface area contributed by atoms with Crippen LogP contribution in [0, 0.1) is 0 Å². The maximum Gasteiger partial charge on any atom is 0.337 e. The molecule has 1 heterocycles. The highest BCUT2D eigenvalue weighted by Gasteiger charge is 2.40. The zero-order chi connectivity index (χ0) is 31.1.